The number of primary amides is 1. The maximum absolute atomic E-state index is 11.9. The van der Waals surface area contributed by atoms with Crippen LogP contribution in [0.1, 0.15) is 26.2 Å². The second-order valence-electron chi connectivity index (χ2n) is 4.97. The van der Waals surface area contributed by atoms with Gasteiger partial charge in [-0.1, -0.05) is 0 Å². The second kappa shape index (κ2) is 7.46. The van der Waals surface area contributed by atoms with Gasteiger partial charge in [0.15, 0.2) is 0 Å². The van der Waals surface area contributed by atoms with E-state index in [1.165, 1.54) is 11.8 Å². The molecule has 0 aromatic carbocycles. The number of nitrogens with two attached hydrogens (primary N) is 1. The highest BCUT2D eigenvalue weighted by Crippen LogP contribution is 2.10. The zero-order valence-corrected chi connectivity index (χ0v) is 11.8. The van der Waals surface area contributed by atoms with Crippen molar-refractivity contribution < 1.29 is 24.3 Å². The number of carboxylic acid groups (broad SMARTS) is 1. The molecule has 0 aliphatic carbocycles. The number of rotatable bonds is 5. The summed E-state index contributed by atoms with van der Waals surface area (Å²) in [6.45, 7) is 2.24. The van der Waals surface area contributed by atoms with E-state index >= 15 is 0 Å². The third kappa shape index (κ3) is 5.67. The number of hydrogen-bond donors (Lipinski definition) is 4. The fourth-order valence-corrected chi connectivity index (χ4v) is 2.16. The fraction of sp³-hybridized carbons (Fsp3) is 0.667. The number of nitrogens with zero attached hydrogens (tertiary/aromatic N) is 1. The molecule has 9 nitrogen and oxygen atoms in total. The molecule has 21 heavy (non-hydrogen) atoms. The van der Waals surface area contributed by atoms with Gasteiger partial charge in [0, 0.05) is 26.1 Å². The molecule has 1 atom stereocenters. The van der Waals surface area contributed by atoms with E-state index in [0.717, 1.165) is 0 Å². The molecule has 9 heteroatoms. The molecule has 0 radical (unpaired) electrons. The van der Waals surface area contributed by atoms with Gasteiger partial charge in [0.1, 0.15) is 6.04 Å². The van der Waals surface area contributed by atoms with E-state index in [1.807, 2.05) is 0 Å². The predicted octanol–water partition coefficient (Wildman–Crippen LogP) is -1.37. The van der Waals surface area contributed by atoms with Crippen LogP contribution in [-0.2, 0) is 14.4 Å². The summed E-state index contributed by atoms with van der Waals surface area (Å²) in [5.41, 5.74) is 4.94. The summed E-state index contributed by atoms with van der Waals surface area (Å²) < 4.78 is 0. The maximum Gasteiger partial charge on any atom is 0.326 e. The molecule has 0 spiro atoms. The molecular formula is C12H20N4O5. The molecule has 1 saturated heterocycles. The molecule has 0 unspecified atom stereocenters. The first-order valence-corrected chi connectivity index (χ1v) is 6.63. The lowest BCUT2D eigenvalue weighted by molar-refractivity contribution is -0.141. The summed E-state index contributed by atoms with van der Waals surface area (Å²) in [6.07, 6.45) is 0.741. The number of urea groups is 1. The third-order valence-corrected chi connectivity index (χ3v) is 3.19. The molecule has 0 aromatic rings. The average molecular weight is 300 g/mol. The number of likely N-dealkylation sites (tertiary alicyclic amines) is 1. The van der Waals surface area contributed by atoms with Crippen molar-refractivity contribution in [3.05, 3.63) is 0 Å². The predicted molar refractivity (Wildman–Crippen MR) is 72.2 cm³/mol. The van der Waals surface area contributed by atoms with Crippen molar-refractivity contribution in [2.45, 2.75) is 38.3 Å². The maximum atomic E-state index is 11.9. The molecule has 1 aliphatic rings. The Bertz CT molecular complexity index is 431. The van der Waals surface area contributed by atoms with Crippen molar-refractivity contribution >= 4 is 23.8 Å². The second-order valence-corrected chi connectivity index (χ2v) is 4.97. The van der Waals surface area contributed by atoms with Crippen molar-refractivity contribution in [1.82, 2.24) is 15.5 Å². The minimum Gasteiger partial charge on any atom is -0.480 e. The van der Waals surface area contributed by atoms with E-state index in [9.17, 15) is 19.2 Å². The van der Waals surface area contributed by atoms with Gasteiger partial charge < -0.3 is 26.4 Å². The van der Waals surface area contributed by atoms with Gasteiger partial charge in [-0.3, -0.25) is 9.59 Å². The summed E-state index contributed by atoms with van der Waals surface area (Å²) in [6, 6.07) is -1.86. The summed E-state index contributed by atoms with van der Waals surface area (Å²) in [7, 11) is 0. The van der Waals surface area contributed by atoms with Gasteiger partial charge in [-0.05, 0) is 12.8 Å². The van der Waals surface area contributed by atoms with Crippen molar-refractivity contribution in [1.29, 1.82) is 0 Å². The van der Waals surface area contributed by atoms with Crippen LogP contribution in [0.15, 0.2) is 0 Å². The molecule has 0 aromatic heterocycles. The lowest BCUT2D eigenvalue weighted by atomic mass is 10.1. The van der Waals surface area contributed by atoms with Crippen molar-refractivity contribution in [2.24, 2.45) is 5.73 Å². The van der Waals surface area contributed by atoms with Crippen LogP contribution >= 0.6 is 0 Å². The Labute approximate surface area is 121 Å². The van der Waals surface area contributed by atoms with Crippen LogP contribution in [0.3, 0.4) is 0 Å². The van der Waals surface area contributed by atoms with E-state index in [1.54, 1.807) is 0 Å². The van der Waals surface area contributed by atoms with Crippen LogP contribution in [0.2, 0.25) is 0 Å². The lowest BCUT2D eigenvalue weighted by Crippen LogP contribution is -2.53. The van der Waals surface area contributed by atoms with E-state index in [0.29, 0.717) is 25.9 Å². The zero-order chi connectivity index (χ0) is 16.0. The highest BCUT2D eigenvalue weighted by Gasteiger charge is 2.27. The first-order valence-electron chi connectivity index (χ1n) is 6.63. The van der Waals surface area contributed by atoms with Crippen LogP contribution in [0.5, 0.6) is 0 Å². The summed E-state index contributed by atoms with van der Waals surface area (Å²) in [4.78, 5) is 46.0. The minimum absolute atomic E-state index is 0.0208. The van der Waals surface area contributed by atoms with Crippen molar-refractivity contribution in [3.8, 4) is 0 Å². The van der Waals surface area contributed by atoms with Crippen LogP contribution < -0.4 is 16.4 Å². The Morgan fingerprint density at radius 1 is 1.29 bits per heavy atom. The van der Waals surface area contributed by atoms with Gasteiger partial charge >= 0.3 is 12.0 Å². The number of carbonyl (C=O) groups is 4. The third-order valence-electron chi connectivity index (χ3n) is 3.19. The summed E-state index contributed by atoms with van der Waals surface area (Å²) >= 11 is 0. The van der Waals surface area contributed by atoms with Gasteiger partial charge in [-0.15, -0.1) is 0 Å². The number of piperidine rings is 1. The van der Waals surface area contributed by atoms with Crippen LogP contribution in [0, 0.1) is 0 Å². The Morgan fingerprint density at radius 2 is 1.86 bits per heavy atom. The van der Waals surface area contributed by atoms with Gasteiger partial charge in [0.25, 0.3) is 0 Å². The molecule has 0 bridgehead atoms. The molecule has 5 N–H and O–H groups in total. The number of carboxylic acids is 1. The van der Waals surface area contributed by atoms with Gasteiger partial charge in [0.2, 0.25) is 11.8 Å². The highest BCUT2D eigenvalue weighted by molar-refractivity contribution is 5.87. The average Bonchev–Trinajstić information content (AvgIpc) is 2.37. The van der Waals surface area contributed by atoms with Crippen molar-refractivity contribution in [2.75, 3.05) is 13.1 Å². The molecule has 1 heterocycles. The van der Waals surface area contributed by atoms with Gasteiger partial charge in [-0.2, -0.15) is 0 Å². The van der Waals surface area contributed by atoms with E-state index in [-0.39, 0.29) is 11.9 Å². The molecule has 1 aliphatic heterocycles. The summed E-state index contributed by atoms with van der Waals surface area (Å²) in [5, 5.41) is 14.0. The van der Waals surface area contributed by atoms with E-state index < -0.39 is 30.4 Å². The lowest BCUT2D eigenvalue weighted by Gasteiger charge is -2.32. The monoisotopic (exact) mass is 300 g/mol. The fourth-order valence-electron chi connectivity index (χ4n) is 2.16. The molecule has 1 fully saturated rings. The molecular weight excluding hydrogens is 280 g/mol. The molecule has 0 saturated carbocycles. The summed E-state index contributed by atoms with van der Waals surface area (Å²) in [5.74, 6) is -2.23. The van der Waals surface area contributed by atoms with Crippen LogP contribution in [-0.4, -0.2) is 59.0 Å². The van der Waals surface area contributed by atoms with Crippen molar-refractivity contribution in [3.63, 3.8) is 0 Å². The largest absolute Gasteiger partial charge is 0.480 e. The number of hydrogen-bond acceptors (Lipinski definition) is 4. The SMILES string of the molecule is CC(=O)NC1CCN(C(=O)N[C@H](CC(N)=O)C(=O)O)CC1. The Morgan fingerprint density at radius 3 is 2.29 bits per heavy atom. The number of amides is 4. The molecule has 118 valence electrons. The van der Waals surface area contributed by atoms with E-state index in [2.05, 4.69) is 10.6 Å². The first-order chi connectivity index (χ1) is 9.79. The molecule has 4 amide bonds. The minimum atomic E-state index is -1.33. The van der Waals surface area contributed by atoms with Gasteiger partial charge in [0.05, 0.1) is 6.42 Å². The quantitative estimate of drug-likeness (QED) is 0.495. The smallest absolute Gasteiger partial charge is 0.326 e. The van der Waals surface area contributed by atoms with Gasteiger partial charge in [-0.25, -0.2) is 9.59 Å². The number of carbonyl (C=O) groups excluding carboxylic acids is 3. The van der Waals surface area contributed by atoms with Crippen LogP contribution in [0.4, 0.5) is 4.79 Å². The zero-order valence-electron chi connectivity index (χ0n) is 11.8. The first kappa shape index (κ1) is 16.7. The number of nitrogens with one attached hydrogen (secondary N) is 2. The Kier molecular flexibility index (Phi) is 5.94. The highest BCUT2D eigenvalue weighted by atomic mass is 16.4. The standard InChI is InChI=1S/C12H20N4O5/c1-7(17)14-8-2-4-16(5-3-8)12(21)15-9(11(19)20)6-10(13)18/h8-9H,2-6H2,1H3,(H2,13,18)(H,14,17)(H,15,21)(H,19,20)/t9-/m1/s1. The topological polar surface area (TPSA) is 142 Å². The number of aliphatic carboxylic acids is 1. The Balaban J connectivity index is 2.47. The molecule has 1 rings (SSSR count). The van der Waals surface area contributed by atoms with Crippen LogP contribution in [0.25, 0.3) is 0 Å². The normalized spacial score (nSPS) is 16.9. The van der Waals surface area contributed by atoms with E-state index in [4.69, 9.17) is 10.8 Å². The Hall–Kier alpha value is -2.32.